The summed E-state index contributed by atoms with van der Waals surface area (Å²) in [6, 6.07) is 4.12. The van der Waals surface area contributed by atoms with Crippen molar-refractivity contribution in [1.29, 1.82) is 0 Å². The predicted octanol–water partition coefficient (Wildman–Crippen LogP) is 2.34. The van der Waals surface area contributed by atoms with Crippen LogP contribution in [0.1, 0.15) is 38.9 Å². The van der Waals surface area contributed by atoms with Crippen LogP contribution in [-0.2, 0) is 14.3 Å². The third-order valence-electron chi connectivity index (χ3n) is 2.63. The SMILES string of the molecule is COC(=O)C[C@@H](O)c1ccc(O)c(NC(=O)OC(C)(C)C)c1. The van der Waals surface area contributed by atoms with Crippen molar-refractivity contribution < 1.29 is 29.3 Å². The molecule has 1 rings (SSSR count). The van der Waals surface area contributed by atoms with E-state index in [1.54, 1.807) is 20.8 Å². The molecular weight excluding hydrogens is 290 g/mol. The Bertz CT molecular complexity index is 549. The summed E-state index contributed by atoms with van der Waals surface area (Å²) in [4.78, 5) is 22.9. The molecule has 0 aliphatic carbocycles. The first kappa shape index (κ1) is 17.8. The van der Waals surface area contributed by atoms with Crippen molar-refractivity contribution in [2.75, 3.05) is 12.4 Å². The van der Waals surface area contributed by atoms with Crippen LogP contribution in [-0.4, -0.2) is 35.0 Å². The van der Waals surface area contributed by atoms with Gasteiger partial charge in [0, 0.05) is 0 Å². The van der Waals surface area contributed by atoms with Gasteiger partial charge >= 0.3 is 12.1 Å². The number of rotatable bonds is 4. The van der Waals surface area contributed by atoms with Gasteiger partial charge < -0.3 is 19.7 Å². The molecule has 1 amide bonds. The van der Waals surface area contributed by atoms with Gasteiger partial charge in [-0.2, -0.15) is 0 Å². The van der Waals surface area contributed by atoms with E-state index in [0.717, 1.165) is 0 Å². The number of anilines is 1. The topological polar surface area (TPSA) is 105 Å². The number of phenols is 1. The molecule has 0 radical (unpaired) electrons. The molecule has 0 spiro atoms. The molecule has 0 unspecified atom stereocenters. The van der Waals surface area contributed by atoms with Gasteiger partial charge in [0.25, 0.3) is 0 Å². The van der Waals surface area contributed by atoms with Crippen LogP contribution in [0, 0.1) is 0 Å². The number of amides is 1. The highest BCUT2D eigenvalue weighted by atomic mass is 16.6. The second-order valence-electron chi connectivity index (χ2n) is 5.70. The Morgan fingerprint density at radius 2 is 1.95 bits per heavy atom. The molecule has 0 fully saturated rings. The average Bonchev–Trinajstić information content (AvgIpc) is 2.38. The van der Waals surface area contributed by atoms with Crippen LogP contribution in [0.15, 0.2) is 18.2 Å². The number of benzene rings is 1. The molecule has 0 bridgehead atoms. The number of aliphatic hydroxyl groups is 1. The fourth-order valence-electron chi connectivity index (χ4n) is 1.63. The van der Waals surface area contributed by atoms with Gasteiger partial charge in [0.15, 0.2) is 0 Å². The standard InChI is InChI=1S/C15H21NO6/c1-15(2,3)22-14(20)16-10-7-9(5-6-11(10)17)12(18)8-13(19)21-4/h5-7,12,17-18H,8H2,1-4H3,(H,16,20)/t12-/m1/s1. The maximum atomic E-state index is 11.7. The van der Waals surface area contributed by atoms with E-state index in [2.05, 4.69) is 10.1 Å². The summed E-state index contributed by atoms with van der Waals surface area (Å²) < 4.78 is 9.56. The lowest BCUT2D eigenvalue weighted by molar-refractivity contribution is -0.142. The number of methoxy groups -OCH3 is 1. The van der Waals surface area contributed by atoms with E-state index >= 15 is 0 Å². The van der Waals surface area contributed by atoms with E-state index in [4.69, 9.17) is 4.74 Å². The lowest BCUT2D eigenvalue weighted by Gasteiger charge is -2.20. The third kappa shape index (κ3) is 5.61. The Kier molecular flexibility index (Phi) is 5.76. The van der Waals surface area contributed by atoms with Gasteiger partial charge in [-0.05, 0) is 38.5 Å². The van der Waals surface area contributed by atoms with E-state index in [0.29, 0.717) is 5.56 Å². The quantitative estimate of drug-likeness (QED) is 0.582. The lowest BCUT2D eigenvalue weighted by atomic mass is 10.1. The number of carbonyl (C=O) groups excluding carboxylic acids is 2. The lowest BCUT2D eigenvalue weighted by Crippen LogP contribution is -2.27. The molecule has 122 valence electrons. The average molecular weight is 311 g/mol. The molecule has 7 nitrogen and oxygen atoms in total. The molecule has 0 aromatic heterocycles. The molecule has 3 N–H and O–H groups in total. The summed E-state index contributed by atoms with van der Waals surface area (Å²) in [5, 5.41) is 22.1. The summed E-state index contributed by atoms with van der Waals surface area (Å²) in [5.74, 6) is -0.748. The van der Waals surface area contributed by atoms with Crippen molar-refractivity contribution >= 4 is 17.7 Å². The van der Waals surface area contributed by atoms with Crippen LogP contribution in [0.4, 0.5) is 10.5 Å². The van der Waals surface area contributed by atoms with Crippen molar-refractivity contribution in [2.45, 2.75) is 38.9 Å². The summed E-state index contributed by atoms with van der Waals surface area (Å²) in [6.45, 7) is 5.13. The number of hydrogen-bond donors (Lipinski definition) is 3. The van der Waals surface area contributed by atoms with Gasteiger partial charge in [-0.15, -0.1) is 0 Å². The first-order chi connectivity index (χ1) is 10.1. The molecule has 1 atom stereocenters. The fourth-order valence-corrected chi connectivity index (χ4v) is 1.63. The van der Waals surface area contributed by atoms with Gasteiger partial charge in [-0.3, -0.25) is 10.1 Å². The number of carbonyl (C=O) groups is 2. The Morgan fingerprint density at radius 1 is 1.32 bits per heavy atom. The second-order valence-corrected chi connectivity index (χ2v) is 5.70. The van der Waals surface area contributed by atoms with Crippen LogP contribution < -0.4 is 5.32 Å². The van der Waals surface area contributed by atoms with Crippen LogP contribution in [0.2, 0.25) is 0 Å². The van der Waals surface area contributed by atoms with Crippen molar-refractivity contribution in [2.24, 2.45) is 0 Å². The van der Waals surface area contributed by atoms with Crippen LogP contribution >= 0.6 is 0 Å². The van der Waals surface area contributed by atoms with Crippen LogP contribution in [0.25, 0.3) is 0 Å². The molecule has 1 aromatic rings. The molecule has 0 saturated heterocycles. The summed E-state index contributed by atoms with van der Waals surface area (Å²) in [5.41, 5.74) is -0.244. The maximum Gasteiger partial charge on any atom is 0.412 e. The highest BCUT2D eigenvalue weighted by Gasteiger charge is 2.19. The van der Waals surface area contributed by atoms with Gasteiger partial charge in [0.05, 0.1) is 25.3 Å². The normalized spacial score (nSPS) is 12.4. The van der Waals surface area contributed by atoms with Crippen molar-refractivity contribution in [3.8, 4) is 5.75 Å². The smallest absolute Gasteiger partial charge is 0.412 e. The van der Waals surface area contributed by atoms with E-state index in [9.17, 15) is 19.8 Å². The first-order valence-corrected chi connectivity index (χ1v) is 6.70. The van der Waals surface area contributed by atoms with Gasteiger partial charge in [0.1, 0.15) is 11.4 Å². The molecule has 0 heterocycles. The number of aliphatic hydroxyl groups excluding tert-OH is 1. The zero-order valence-electron chi connectivity index (χ0n) is 13.0. The van der Waals surface area contributed by atoms with Crippen LogP contribution in [0.3, 0.4) is 0 Å². The van der Waals surface area contributed by atoms with Crippen molar-refractivity contribution in [1.82, 2.24) is 0 Å². The minimum Gasteiger partial charge on any atom is -0.506 e. The predicted molar refractivity (Wildman–Crippen MR) is 79.6 cm³/mol. The monoisotopic (exact) mass is 311 g/mol. The number of phenolic OH excluding ortho intramolecular Hbond substituents is 1. The largest absolute Gasteiger partial charge is 0.506 e. The van der Waals surface area contributed by atoms with Gasteiger partial charge in [-0.25, -0.2) is 4.79 Å². The summed E-state index contributed by atoms with van der Waals surface area (Å²) in [7, 11) is 1.22. The minimum atomic E-state index is -1.10. The van der Waals surface area contributed by atoms with Crippen LogP contribution in [0.5, 0.6) is 5.75 Å². The molecular formula is C15H21NO6. The molecule has 0 aliphatic heterocycles. The highest BCUT2D eigenvalue weighted by molar-refractivity contribution is 5.87. The highest BCUT2D eigenvalue weighted by Crippen LogP contribution is 2.28. The van der Waals surface area contributed by atoms with E-state index in [1.807, 2.05) is 0 Å². The first-order valence-electron chi connectivity index (χ1n) is 6.70. The van der Waals surface area contributed by atoms with Crippen molar-refractivity contribution in [3.05, 3.63) is 23.8 Å². The second kappa shape index (κ2) is 7.13. The Labute approximate surface area is 128 Å². The van der Waals surface area contributed by atoms with E-state index in [-0.39, 0.29) is 17.9 Å². The zero-order valence-corrected chi connectivity index (χ0v) is 13.0. The van der Waals surface area contributed by atoms with Gasteiger partial charge in [-0.1, -0.05) is 6.07 Å². The number of ether oxygens (including phenoxy) is 2. The number of aromatic hydroxyl groups is 1. The Hall–Kier alpha value is -2.28. The Morgan fingerprint density at radius 3 is 2.50 bits per heavy atom. The number of nitrogens with one attached hydrogen (secondary N) is 1. The van der Waals surface area contributed by atoms with Crippen molar-refractivity contribution in [3.63, 3.8) is 0 Å². The third-order valence-corrected chi connectivity index (χ3v) is 2.63. The summed E-state index contributed by atoms with van der Waals surface area (Å²) in [6.07, 6.45) is -2.07. The molecule has 0 aliphatic rings. The van der Waals surface area contributed by atoms with E-state index < -0.39 is 23.8 Å². The molecule has 0 saturated carbocycles. The zero-order chi connectivity index (χ0) is 16.9. The minimum absolute atomic E-state index is 0.0793. The molecule has 22 heavy (non-hydrogen) atoms. The molecule has 7 heteroatoms. The number of esters is 1. The molecule has 1 aromatic carbocycles. The Balaban J connectivity index is 2.86. The number of hydrogen-bond acceptors (Lipinski definition) is 6. The van der Waals surface area contributed by atoms with Gasteiger partial charge in [0.2, 0.25) is 0 Å². The van der Waals surface area contributed by atoms with E-state index in [1.165, 1.54) is 25.3 Å². The fraction of sp³-hybridized carbons (Fsp3) is 0.467. The maximum absolute atomic E-state index is 11.7. The summed E-state index contributed by atoms with van der Waals surface area (Å²) >= 11 is 0.